The fourth-order valence-electron chi connectivity index (χ4n) is 3.79. The van der Waals surface area contributed by atoms with Crippen LogP contribution in [-0.4, -0.2) is 9.67 Å². The molecule has 2 aliphatic rings. The average Bonchev–Trinajstić information content (AvgIpc) is 2.79. The first-order valence-corrected chi connectivity index (χ1v) is 8.09. The number of fused-ring (bicyclic) bond motifs is 1. The summed E-state index contributed by atoms with van der Waals surface area (Å²) >= 11 is 0. The molecule has 1 heterocycles. The van der Waals surface area contributed by atoms with Gasteiger partial charge >= 0.3 is 0 Å². The minimum absolute atomic E-state index is 0.215. The molecule has 110 valence electrons. The number of aliphatic hydroxyl groups excluding tert-OH is 1. The number of aryl methyl sites for hydroxylation is 1. The van der Waals surface area contributed by atoms with E-state index in [4.69, 9.17) is 0 Å². The molecule has 2 heteroatoms. The summed E-state index contributed by atoms with van der Waals surface area (Å²) in [4.78, 5) is 0. The van der Waals surface area contributed by atoms with Crippen LogP contribution in [0, 0.1) is 5.41 Å². The van der Waals surface area contributed by atoms with E-state index in [-0.39, 0.29) is 11.5 Å². The molecule has 0 amide bonds. The SMILES string of the molecule is CC1(C)Cc2c(ccn2CCC2=CCCCC2)C(O)C1. The Kier molecular flexibility index (Phi) is 3.76. The molecule has 0 spiro atoms. The molecule has 20 heavy (non-hydrogen) atoms. The van der Waals surface area contributed by atoms with Crippen molar-refractivity contribution in [2.24, 2.45) is 5.41 Å². The summed E-state index contributed by atoms with van der Waals surface area (Å²) < 4.78 is 2.38. The molecule has 2 nitrogen and oxygen atoms in total. The van der Waals surface area contributed by atoms with Gasteiger partial charge < -0.3 is 9.67 Å². The van der Waals surface area contributed by atoms with Gasteiger partial charge in [0.15, 0.2) is 0 Å². The monoisotopic (exact) mass is 273 g/mol. The third kappa shape index (κ3) is 2.85. The van der Waals surface area contributed by atoms with Gasteiger partial charge in [-0.3, -0.25) is 0 Å². The molecule has 1 unspecified atom stereocenters. The van der Waals surface area contributed by atoms with Crippen LogP contribution in [0.5, 0.6) is 0 Å². The Balaban J connectivity index is 1.74. The molecular formula is C18H27NO. The third-order valence-corrected chi connectivity index (χ3v) is 4.92. The molecule has 1 aromatic heterocycles. The molecule has 0 bridgehead atoms. The molecule has 1 aromatic rings. The molecule has 1 N–H and O–H groups in total. The molecule has 0 saturated heterocycles. The van der Waals surface area contributed by atoms with Crippen molar-refractivity contribution >= 4 is 0 Å². The van der Waals surface area contributed by atoms with Crippen LogP contribution in [0.25, 0.3) is 0 Å². The van der Waals surface area contributed by atoms with Gasteiger partial charge in [-0.25, -0.2) is 0 Å². The van der Waals surface area contributed by atoms with Crippen LogP contribution >= 0.6 is 0 Å². The van der Waals surface area contributed by atoms with E-state index >= 15 is 0 Å². The van der Waals surface area contributed by atoms with E-state index in [1.165, 1.54) is 43.4 Å². The van der Waals surface area contributed by atoms with Crippen molar-refractivity contribution in [3.63, 3.8) is 0 Å². The summed E-state index contributed by atoms with van der Waals surface area (Å²) in [6, 6.07) is 2.13. The zero-order valence-electron chi connectivity index (χ0n) is 12.9. The summed E-state index contributed by atoms with van der Waals surface area (Å²) in [5.74, 6) is 0. The maximum Gasteiger partial charge on any atom is 0.0812 e. The lowest BCUT2D eigenvalue weighted by Gasteiger charge is -2.34. The predicted octanol–water partition coefficient (Wildman–Crippen LogP) is 4.38. The Morgan fingerprint density at radius 3 is 2.95 bits per heavy atom. The van der Waals surface area contributed by atoms with E-state index < -0.39 is 0 Å². The number of allylic oxidation sites excluding steroid dienone is 2. The zero-order chi connectivity index (χ0) is 14.2. The van der Waals surface area contributed by atoms with Gasteiger partial charge in [0, 0.05) is 24.0 Å². The predicted molar refractivity (Wildman–Crippen MR) is 82.7 cm³/mol. The zero-order valence-corrected chi connectivity index (χ0v) is 12.9. The topological polar surface area (TPSA) is 25.2 Å². The summed E-state index contributed by atoms with van der Waals surface area (Å²) in [6.45, 7) is 5.60. The Morgan fingerprint density at radius 1 is 1.35 bits per heavy atom. The molecule has 2 aliphatic carbocycles. The summed E-state index contributed by atoms with van der Waals surface area (Å²) in [5, 5.41) is 10.3. The second-order valence-electron chi connectivity index (χ2n) is 7.33. The van der Waals surface area contributed by atoms with Gasteiger partial charge in [-0.2, -0.15) is 0 Å². The molecule has 0 aliphatic heterocycles. The standard InChI is InChI=1S/C18H27NO/c1-18(2)12-16-15(17(20)13-18)9-11-19(16)10-8-14-6-4-3-5-7-14/h6,9,11,17,20H,3-5,7-8,10,12-13H2,1-2H3. The van der Waals surface area contributed by atoms with Crippen molar-refractivity contribution in [1.82, 2.24) is 4.57 Å². The lowest BCUT2D eigenvalue weighted by atomic mass is 9.75. The van der Waals surface area contributed by atoms with E-state index in [0.29, 0.717) is 0 Å². The number of aromatic nitrogens is 1. The van der Waals surface area contributed by atoms with Crippen LogP contribution in [0.2, 0.25) is 0 Å². The normalized spacial score (nSPS) is 25.1. The number of aliphatic hydroxyl groups is 1. The average molecular weight is 273 g/mol. The van der Waals surface area contributed by atoms with Crippen LogP contribution in [0.3, 0.4) is 0 Å². The fraction of sp³-hybridized carbons (Fsp3) is 0.667. The molecule has 0 aromatic carbocycles. The van der Waals surface area contributed by atoms with Crippen molar-refractivity contribution in [2.75, 3.05) is 0 Å². The van der Waals surface area contributed by atoms with Gasteiger partial charge in [-0.15, -0.1) is 0 Å². The molecule has 0 radical (unpaired) electrons. The summed E-state index contributed by atoms with van der Waals surface area (Å²) in [7, 11) is 0. The first-order valence-electron chi connectivity index (χ1n) is 8.09. The van der Waals surface area contributed by atoms with Crippen molar-refractivity contribution in [3.05, 3.63) is 35.2 Å². The van der Waals surface area contributed by atoms with Crippen molar-refractivity contribution in [2.45, 2.75) is 71.4 Å². The van der Waals surface area contributed by atoms with Crippen LogP contribution in [-0.2, 0) is 13.0 Å². The van der Waals surface area contributed by atoms with Crippen LogP contribution in [0.1, 0.15) is 69.7 Å². The van der Waals surface area contributed by atoms with E-state index in [1.54, 1.807) is 5.57 Å². The second-order valence-corrected chi connectivity index (χ2v) is 7.33. The Hall–Kier alpha value is -1.02. The Bertz CT molecular complexity index is 509. The van der Waals surface area contributed by atoms with Crippen LogP contribution < -0.4 is 0 Å². The molecule has 0 fully saturated rings. The summed E-state index contributed by atoms with van der Waals surface area (Å²) in [5.41, 5.74) is 4.38. The van der Waals surface area contributed by atoms with Crippen LogP contribution in [0.15, 0.2) is 23.9 Å². The minimum atomic E-state index is -0.274. The number of rotatable bonds is 3. The molecule has 0 saturated carbocycles. The number of nitrogens with zero attached hydrogens (tertiary/aromatic N) is 1. The maximum absolute atomic E-state index is 10.3. The minimum Gasteiger partial charge on any atom is -0.388 e. The lowest BCUT2D eigenvalue weighted by molar-refractivity contribution is 0.0979. The first-order chi connectivity index (χ1) is 9.55. The van der Waals surface area contributed by atoms with Crippen LogP contribution in [0.4, 0.5) is 0 Å². The van der Waals surface area contributed by atoms with Gasteiger partial charge in [0.25, 0.3) is 0 Å². The first kappa shape index (κ1) is 13.9. The lowest BCUT2D eigenvalue weighted by Crippen LogP contribution is -2.26. The highest BCUT2D eigenvalue weighted by Gasteiger charge is 2.33. The fourth-order valence-corrected chi connectivity index (χ4v) is 3.79. The highest BCUT2D eigenvalue weighted by Crippen LogP contribution is 2.41. The van der Waals surface area contributed by atoms with Gasteiger partial charge in [0.1, 0.15) is 0 Å². The van der Waals surface area contributed by atoms with Crippen molar-refractivity contribution < 1.29 is 5.11 Å². The highest BCUT2D eigenvalue weighted by atomic mass is 16.3. The van der Waals surface area contributed by atoms with E-state index in [2.05, 4.69) is 36.8 Å². The van der Waals surface area contributed by atoms with Gasteiger partial charge in [0.05, 0.1) is 6.10 Å². The maximum atomic E-state index is 10.3. The third-order valence-electron chi connectivity index (χ3n) is 4.92. The van der Waals surface area contributed by atoms with E-state index in [9.17, 15) is 5.11 Å². The van der Waals surface area contributed by atoms with Gasteiger partial charge in [0.2, 0.25) is 0 Å². The Labute approximate surface area is 122 Å². The van der Waals surface area contributed by atoms with Crippen molar-refractivity contribution in [3.8, 4) is 0 Å². The molecular weight excluding hydrogens is 246 g/mol. The van der Waals surface area contributed by atoms with Crippen molar-refractivity contribution in [1.29, 1.82) is 0 Å². The number of hydrogen-bond donors (Lipinski definition) is 1. The Morgan fingerprint density at radius 2 is 2.20 bits per heavy atom. The quantitative estimate of drug-likeness (QED) is 0.812. The largest absolute Gasteiger partial charge is 0.388 e. The smallest absolute Gasteiger partial charge is 0.0812 e. The summed E-state index contributed by atoms with van der Waals surface area (Å²) in [6.07, 6.45) is 12.8. The van der Waals surface area contributed by atoms with Gasteiger partial charge in [-0.1, -0.05) is 25.5 Å². The molecule has 1 atom stereocenters. The second kappa shape index (κ2) is 5.40. The van der Waals surface area contributed by atoms with Gasteiger partial charge in [-0.05, 0) is 56.4 Å². The van der Waals surface area contributed by atoms with E-state index in [0.717, 1.165) is 19.4 Å². The molecule has 3 rings (SSSR count). The number of hydrogen-bond acceptors (Lipinski definition) is 1. The van der Waals surface area contributed by atoms with E-state index in [1.807, 2.05) is 0 Å². The highest BCUT2D eigenvalue weighted by molar-refractivity contribution is 5.29.